The van der Waals surface area contributed by atoms with Crippen LogP contribution in [0.25, 0.3) is 0 Å². The SMILES string of the molecule is Cc1ccc(N2CCCN(C(=O)NCCNC(=O)Cc3cccc(F)c3)CC2)cc1. The molecule has 0 radical (unpaired) electrons. The van der Waals surface area contributed by atoms with Crippen molar-refractivity contribution in [1.29, 1.82) is 0 Å². The first-order valence-electron chi connectivity index (χ1n) is 10.4. The summed E-state index contributed by atoms with van der Waals surface area (Å²) < 4.78 is 13.2. The molecule has 2 N–H and O–H groups in total. The van der Waals surface area contributed by atoms with Gasteiger partial charge in [0.1, 0.15) is 5.82 Å². The number of nitrogens with one attached hydrogen (secondary N) is 2. The van der Waals surface area contributed by atoms with Crippen LogP contribution in [-0.2, 0) is 11.2 Å². The van der Waals surface area contributed by atoms with Gasteiger partial charge in [-0.25, -0.2) is 9.18 Å². The van der Waals surface area contributed by atoms with Gasteiger partial charge in [0, 0.05) is 45.0 Å². The number of hydrogen-bond acceptors (Lipinski definition) is 3. The molecule has 7 heteroatoms. The second-order valence-corrected chi connectivity index (χ2v) is 7.55. The molecule has 1 saturated heterocycles. The quantitative estimate of drug-likeness (QED) is 0.717. The van der Waals surface area contributed by atoms with E-state index in [1.54, 1.807) is 12.1 Å². The van der Waals surface area contributed by atoms with Gasteiger partial charge in [0.2, 0.25) is 5.91 Å². The first-order chi connectivity index (χ1) is 14.5. The molecule has 3 amide bonds. The highest BCUT2D eigenvalue weighted by Crippen LogP contribution is 2.17. The fourth-order valence-electron chi connectivity index (χ4n) is 3.51. The number of amides is 3. The zero-order valence-electron chi connectivity index (χ0n) is 17.4. The largest absolute Gasteiger partial charge is 0.370 e. The lowest BCUT2D eigenvalue weighted by atomic mass is 10.1. The molecule has 0 atom stereocenters. The molecule has 0 bridgehead atoms. The van der Waals surface area contributed by atoms with Crippen LogP contribution in [-0.4, -0.2) is 56.1 Å². The number of urea groups is 1. The molecule has 160 valence electrons. The molecule has 0 saturated carbocycles. The maximum Gasteiger partial charge on any atom is 0.317 e. The highest BCUT2D eigenvalue weighted by atomic mass is 19.1. The number of anilines is 1. The lowest BCUT2D eigenvalue weighted by Crippen LogP contribution is -2.44. The van der Waals surface area contributed by atoms with E-state index in [0.717, 1.165) is 19.5 Å². The zero-order chi connectivity index (χ0) is 21.3. The summed E-state index contributed by atoms with van der Waals surface area (Å²) in [6, 6.07) is 14.3. The summed E-state index contributed by atoms with van der Waals surface area (Å²) in [6.45, 7) is 5.84. The fraction of sp³-hybridized carbons (Fsp3) is 0.391. The van der Waals surface area contributed by atoms with Crippen molar-refractivity contribution in [1.82, 2.24) is 15.5 Å². The lowest BCUT2D eigenvalue weighted by Gasteiger charge is -2.24. The highest BCUT2D eigenvalue weighted by molar-refractivity contribution is 5.78. The smallest absolute Gasteiger partial charge is 0.317 e. The van der Waals surface area contributed by atoms with E-state index in [2.05, 4.69) is 46.7 Å². The summed E-state index contributed by atoms with van der Waals surface area (Å²) in [5, 5.41) is 5.62. The van der Waals surface area contributed by atoms with Crippen molar-refractivity contribution in [2.75, 3.05) is 44.2 Å². The van der Waals surface area contributed by atoms with Crippen molar-refractivity contribution in [2.24, 2.45) is 0 Å². The van der Waals surface area contributed by atoms with Crippen molar-refractivity contribution in [3.63, 3.8) is 0 Å². The fourth-order valence-corrected chi connectivity index (χ4v) is 3.51. The van der Waals surface area contributed by atoms with Crippen LogP contribution in [0.2, 0.25) is 0 Å². The zero-order valence-corrected chi connectivity index (χ0v) is 17.4. The first kappa shape index (κ1) is 21.6. The number of nitrogens with zero attached hydrogens (tertiary/aromatic N) is 2. The van der Waals surface area contributed by atoms with Gasteiger partial charge in [0.15, 0.2) is 0 Å². The van der Waals surface area contributed by atoms with Crippen molar-refractivity contribution >= 4 is 17.6 Å². The Bertz CT molecular complexity index is 857. The van der Waals surface area contributed by atoms with Gasteiger partial charge < -0.3 is 20.4 Å². The van der Waals surface area contributed by atoms with Crippen molar-refractivity contribution in [3.8, 4) is 0 Å². The predicted molar refractivity (Wildman–Crippen MR) is 116 cm³/mol. The third-order valence-corrected chi connectivity index (χ3v) is 5.16. The molecule has 1 heterocycles. The minimum absolute atomic E-state index is 0.111. The Hall–Kier alpha value is -3.09. The highest BCUT2D eigenvalue weighted by Gasteiger charge is 2.19. The van der Waals surface area contributed by atoms with Gasteiger partial charge in [0.25, 0.3) is 0 Å². The normalized spacial score (nSPS) is 14.2. The topological polar surface area (TPSA) is 64.7 Å². The van der Waals surface area contributed by atoms with Gasteiger partial charge in [-0.2, -0.15) is 0 Å². The molecule has 3 rings (SSSR count). The molecule has 0 unspecified atom stereocenters. The van der Waals surface area contributed by atoms with E-state index in [0.29, 0.717) is 31.7 Å². The summed E-state index contributed by atoms with van der Waals surface area (Å²) in [6.07, 6.45) is 1.03. The Morgan fingerprint density at radius 1 is 0.967 bits per heavy atom. The van der Waals surface area contributed by atoms with Gasteiger partial charge in [-0.3, -0.25) is 4.79 Å². The maximum atomic E-state index is 13.2. The molecule has 0 spiro atoms. The van der Waals surface area contributed by atoms with E-state index < -0.39 is 0 Å². The summed E-state index contributed by atoms with van der Waals surface area (Å²) >= 11 is 0. The van der Waals surface area contributed by atoms with Crippen molar-refractivity contribution in [3.05, 3.63) is 65.5 Å². The van der Waals surface area contributed by atoms with E-state index in [-0.39, 0.29) is 24.2 Å². The molecule has 2 aromatic rings. The Labute approximate surface area is 177 Å². The van der Waals surface area contributed by atoms with Crippen LogP contribution in [0.4, 0.5) is 14.9 Å². The molecule has 0 aromatic heterocycles. The molecule has 6 nitrogen and oxygen atoms in total. The standard InChI is InChI=1S/C23H29FN4O2/c1-18-6-8-21(9-7-18)27-12-3-13-28(15-14-27)23(30)26-11-10-25-22(29)17-19-4-2-5-20(24)16-19/h2,4-9,16H,3,10-15,17H2,1H3,(H,25,29)(H,26,30). The average molecular weight is 413 g/mol. The number of rotatable bonds is 6. The van der Waals surface area contributed by atoms with E-state index in [1.807, 2.05) is 4.90 Å². The van der Waals surface area contributed by atoms with E-state index in [1.165, 1.54) is 23.4 Å². The molecule has 30 heavy (non-hydrogen) atoms. The van der Waals surface area contributed by atoms with Crippen LogP contribution in [0.1, 0.15) is 17.5 Å². The molecular weight excluding hydrogens is 383 g/mol. The minimum atomic E-state index is -0.356. The van der Waals surface area contributed by atoms with Crippen molar-refractivity contribution < 1.29 is 14.0 Å². The number of carbonyl (C=O) groups excluding carboxylic acids is 2. The van der Waals surface area contributed by atoms with Gasteiger partial charge in [-0.05, 0) is 43.2 Å². The molecule has 1 aliphatic rings. The van der Waals surface area contributed by atoms with E-state index >= 15 is 0 Å². The van der Waals surface area contributed by atoms with Gasteiger partial charge in [0.05, 0.1) is 6.42 Å². The van der Waals surface area contributed by atoms with Crippen LogP contribution in [0.5, 0.6) is 0 Å². The molecule has 1 aliphatic heterocycles. The minimum Gasteiger partial charge on any atom is -0.370 e. The number of hydrogen-bond donors (Lipinski definition) is 2. The Kier molecular flexibility index (Phi) is 7.65. The summed E-state index contributed by atoms with van der Waals surface area (Å²) in [5.41, 5.74) is 3.04. The Morgan fingerprint density at radius 2 is 1.73 bits per heavy atom. The van der Waals surface area contributed by atoms with E-state index in [4.69, 9.17) is 0 Å². The van der Waals surface area contributed by atoms with Gasteiger partial charge >= 0.3 is 6.03 Å². The summed E-state index contributed by atoms with van der Waals surface area (Å²) in [5.74, 6) is -0.552. The second kappa shape index (κ2) is 10.6. The molecule has 0 aliphatic carbocycles. The van der Waals surface area contributed by atoms with Crippen molar-refractivity contribution in [2.45, 2.75) is 19.8 Å². The first-order valence-corrected chi connectivity index (χ1v) is 10.4. The Balaban J connectivity index is 1.36. The van der Waals surface area contributed by atoms with Crippen LogP contribution in [0, 0.1) is 12.7 Å². The molecule has 1 fully saturated rings. The number of halogens is 1. The summed E-state index contributed by atoms with van der Waals surface area (Å²) in [4.78, 5) is 28.5. The average Bonchev–Trinajstić information content (AvgIpc) is 2.98. The molecule has 2 aromatic carbocycles. The monoisotopic (exact) mass is 412 g/mol. The number of carbonyl (C=O) groups is 2. The van der Waals surface area contributed by atoms with Gasteiger partial charge in [-0.15, -0.1) is 0 Å². The third-order valence-electron chi connectivity index (χ3n) is 5.16. The second-order valence-electron chi connectivity index (χ2n) is 7.55. The summed E-state index contributed by atoms with van der Waals surface area (Å²) in [7, 11) is 0. The van der Waals surface area contributed by atoms with Crippen LogP contribution < -0.4 is 15.5 Å². The predicted octanol–water partition coefficient (Wildman–Crippen LogP) is 2.71. The maximum absolute atomic E-state index is 13.2. The van der Waals surface area contributed by atoms with Crippen LogP contribution >= 0.6 is 0 Å². The van der Waals surface area contributed by atoms with Gasteiger partial charge in [-0.1, -0.05) is 29.8 Å². The number of aryl methyl sites for hydroxylation is 1. The van der Waals surface area contributed by atoms with Crippen LogP contribution in [0.3, 0.4) is 0 Å². The third kappa shape index (κ3) is 6.47. The van der Waals surface area contributed by atoms with Crippen LogP contribution in [0.15, 0.2) is 48.5 Å². The van der Waals surface area contributed by atoms with E-state index in [9.17, 15) is 14.0 Å². The Morgan fingerprint density at radius 3 is 2.50 bits per heavy atom. The lowest BCUT2D eigenvalue weighted by molar-refractivity contribution is -0.120. The number of benzene rings is 2. The molecular formula is C23H29FN4O2.